The first-order valence-electron chi connectivity index (χ1n) is 6.58. The lowest BCUT2D eigenvalue weighted by atomic mass is 10.1. The molecule has 3 amide bonds. The van der Waals surface area contributed by atoms with Crippen molar-refractivity contribution in [3.05, 3.63) is 29.8 Å². The number of amides is 3. The Morgan fingerprint density at radius 2 is 1.75 bits per heavy atom. The van der Waals surface area contributed by atoms with Crippen molar-refractivity contribution in [2.75, 3.05) is 5.32 Å². The fourth-order valence-electron chi connectivity index (χ4n) is 2.31. The maximum atomic E-state index is 12.2. The molecule has 106 valence electrons. The molecule has 0 aliphatic heterocycles. The maximum Gasteiger partial charge on any atom is 0.313 e. The molecule has 20 heavy (non-hydrogen) atoms. The van der Waals surface area contributed by atoms with Crippen LogP contribution in [-0.2, 0) is 9.59 Å². The van der Waals surface area contributed by atoms with Crippen LogP contribution in [0.2, 0.25) is 0 Å². The Hall–Kier alpha value is -2.37. The summed E-state index contributed by atoms with van der Waals surface area (Å²) >= 11 is 0. The van der Waals surface area contributed by atoms with E-state index in [0.717, 1.165) is 25.7 Å². The van der Waals surface area contributed by atoms with Crippen LogP contribution < -0.4 is 16.4 Å². The molecule has 1 saturated carbocycles. The van der Waals surface area contributed by atoms with Crippen molar-refractivity contribution < 1.29 is 14.4 Å². The Morgan fingerprint density at radius 1 is 1.10 bits per heavy atom. The predicted octanol–water partition coefficient (Wildman–Crippen LogP) is 0.783. The third kappa shape index (κ3) is 3.34. The van der Waals surface area contributed by atoms with E-state index in [4.69, 9.17) is 5.73 Å². The minimum Gasteiger partial charge on any atom is -0.361 e. The van der Waals surface area contributed by atoms with Crippen LogP contribution in [0, 0.1) is 0 Å². The number of nitrogens with one attached hydrogen (secondary N) is 2. The number of hydrogen-bond acceptors (Lipinski definition) is 3. The summed E-state index contributed by atoms with van der Waals surface area (Å²) in [4.78, 5) is 34.3. The van der Waals surface area contributed by atoms with Gasteiger partial charge in [0.1, 0.15) is 0 Å². The van der Waals surface area contributed by atoms with Gasteiger partial charge >= 0.3 is 11.8 Å². The highest BCUT2D eigenvalue weighted by Crippen LogP contribution is 2.20. The van der Waals surface area contributed by atoms with E-state index in [9.17, 15) is 14.4 Å². The van der Waals surface area contributed by atoms with Crippen molar-refractivity contribution in [3.8, 4) is 0 Å². The van der Waals surface area contributed by atoms with Gasteiger partial charge in [-0.1, -0.05) is 25.0 Å². The lowest BCUT2D eigenvalue weighted by Crippen LogP contribution is -2.34. The van der Waals surface area contributed by atoms with E-state index >= 15 is 0 Å². The van der Waals surface area contributed by atoms with Gasteiger partial charge in [-0.25, -0.2) is 0 Å². The summed E-state index contributed by atoms with van der Waals surface area (Å²) in [6.45, 7) is 0. The second-order valence-corrected chi connectivity index (χ2v) is 4.82. The Morgan fingerprint density at radius 3 is 2.40 bits per heavy atom. The summed E-state index contributed by atoms with van der Waals surface area (Å²) in [7, 11) is 0. The van der Waals surface area contributed by atoms with Crippen LogP contribution in [0.3, 0.4) is 0 Å². The van der Waals surface area contributed by atoms with Gasteiger partial charge in [-0.3, -0.25) is 14.4 Å². The van der Waals surface area contributed by atoms with Gasteiger partial charge in [-0.2, -0.15) is 0 Å². The van der Waals surface area contributed by atoms with E-state index < -0.39 is 11.8 Å². The number of para-hydroxylation sites is 1. The van der Waals surface area contributed by atoms with Gasteiger partial charge in [0, 0.05) is 6.04 Å². The molecule has 0 heterocycles. The molecule has 0 spiro atoms. The molecule has 0 saturated heterocycles. The zero-order valence-corrected chi connectivity index (χ0v) is 11.0. The van der Waals surface area contributed by atoms with Crippen molar-refractivity contribution in [2.24, 2.45) is 5.73 Å². The number of hydrogen-bond donors (Lipinski definition) is 3. The lowest BCUT2D eigenvalue weighted by molar-refractivity contribution is -0.134. The minimum atomic E-state index is -1.09. The average molecular weight is 275 g/mol. The van der Waals surface area contributed by atoms with Gasteiger partial charge in [0.15, 0.2) is 0 Å². The smallest absolute Gasteiger partial charge is 0.313 e. The number of benzene rings is 1. The molecule has 0 unspecified atom stereocenters. The van der Waals surface area contributed by atoms with Crippen LogP contribution >= 0.6 is 0 Å². The van der Waals surface area contributed by atoms with Gasteiger partial charge in [0.05, 0.1) is 11.3 Å². The standard InChI is InChI=1S/C14H17N3O3/c15-12(18)14(20)17-11-8-4-3-7-10(11)13(19)16-9-5-1-2-6-9/h3-4,7-9H,1-2,5-6H2,(H2,15,18)(H,16,19)(H,17,20). The Balaban J connectivity index is 2.12. The highest BCUT2D eigenvalue weighted by molar-refractivity contribution is 6.39. The SMILES string of the molecule is NC(=O)C(=O)Nc1ccccc1C(=O)NC1CCCC1. The van der Waals surface area contributed by atoms with Crippen molar-refractivity contribution in [2.45, 2.75) is 31.7 Å². The van der Waals surface area contributed by atoms with Gasteiger partial charge in [-0.05, 0) is 25.0 Å². The molecular formula is C14H17N3O3. The summed E-state index contributed by atoms with van der Waals surface area (Å²) in [6, 6.07) is 6.71. The number of primary amides is 1. The molecule has 0 bridgehead atoms. The number of nitrogens with two attached hydrogens (primary N) is 1. The number of anilines is 1. The minimum absolute atomic E-state index is 0.183. The van der Waals surface area contributed by atoms with Crippen molar-refractivity contribution in [1.29, 1.82) is 0 Å². The quantitative estimate of drug-likeness (QED) is 0.710. The number of carbonyl (C=O) groups is 3. The van der Waals surface area contributed by atoms with Crippen LogP contribution in [0.1, 0.15) is 36.0 Å². The summed E-state index contributed by atoms with van der Waals surface area (Å²) in [5, 5.41) is 5.27. The highest BCUT2D eigenvalue weighted by atomic mass is 16.2. The number of carbonyl (C=O) groups excluding carboxylic acids is 3. The second-order valence-electron chi connectivity index (χ2n) is 4.82. The molecule has 1 aliphatic carbocycles. The second kappa shape index (κ2) is 6.18. The zero-order valence-electron chi connectivity index (χ0n) is 11.0. The van der Waals surface area contributed by atoms with Crippen molar-refractivity contribution in [1.82, 2.24) is 5.32 Å². The normalized spacial score (nSPS) is 14.8. The molecule has 1 aromatic rings. The molecule has 0 radical (unpaired) electrons. The average Bonchev–Trinajstić information content (AvgIpc) is 2.92. The number of rotatable bonds is 3. The fourth-order valence-corrected chi connectivity index (χ4v) is 2.31. The molecule has 6 nitrogen and oxygen atoms in total. The van der Waals surface area contributed by atoms with Gasteiger partial charge < -0.3 is 16.4 Å². The topological polar surface area (TPSA) is 101 Å². The first-order chi connectivity index (χ1) is 9.58. The van der Waals surface area contributed by atoms with Crippen LogP contribution in [0.4, 0.5) is 5.69 Å². The Bertz CT molecular complexity index is 536. The summed E-state index contributed by atoms with van der Waals surface area (Å²) < 4.78 is 0. The fraction of sp³-hybridized carbons (Fsp3) is 0.357. The first-order valence-corrected chi connectivity index (χ1v) is 6.58. The zero-order chi connectivity index (χ0) is 14.5. The van der Waals surface area contributed by atoms with E-state index in [1.54, 1.807) is 24.3 Å². The van der Waals surface area contributed by atoms with Crippen LogP contribution in [-0.4, -0.2) is 23.8 Å². The van der Waals surface area contributed by atoms with Crippen LogP contribution in [0.25, 0.3) is 0 Å². The summed E-state index contributed by atoms with van der Waals surface area (Å²) in [5.41, 5.74) is 5.50. The molecule has 0 aromatic heterocycles. The molecule has 6 heteroatoms. The summed E-state index contributed by atoms with van der Waals surface area (Å²) in [5.74, 6) is -2.28. The summed E-state index contributed by atoms with van der Waals surface area (Å²) in [6.07, 6.45) is 4.18. The van der Waals surface area contributed by atoms with Crippen molar-refractivity contribution >= 4 is 23.4 Å². The monoisotopic (exact) mass is 275 g/mol. The Kier molecular flexibility index (Phi) is 4.34. The highest BCUT2D eigenvalue weighted by Gasteiger charge is 2.20. The molecule has 1 aliphatic rings. The van der Waals surface area contributed by atoms with Crippen molar-refractivity contribution in [3.63, 3.8) is 0 Å². The molecule has 4 N–H and O–H groups in total. The first kappa shape index (κ1) is 14.0. The van der Waals surface area contributed by atoms with Gasteiger partial charge in [0.2, 0.25) is 0 Å². The molecule has 0 atom stereocenters. The molecule has 2 rings (SSSR count). The third-order valence-corrected chi connectivity index (χ3v) is 3.33. The van der Waals surface area contributed by atoms with Crippen LogP contribution in [0.5, 0.6) is 0 Å². The maximum absolute atomic E-state index is 12.2. The Labute approximate surface area is 116 Å². The third-order valence-electron chi connectivity index (χ3n) is 3.33. The molecule has 1 fully saturated rings. The predicted molar refractivity (Wildman–Crippen MR) is 74.0 cm³/mol. The van der Waals surface area contributed by atoms with E-state index in [0.29, 0.717) is 5.56 Å². The van der Waals surface area contributed by atoms with Crippen LogP contribution in [0.15, 0.2) is 24.3 Å². The van der Waals surface area contributed by atoms with E-state index in [1.807, 2.05) is 0 Å². The van der Waals surface area contributed by atoms with Gasteiger partial charge in [-0.15, -0.1) is 0 Å². The lowest BCUT2D eigenvalue weighted by Gasteiger charge is -2.14. The van der Waals surface area contributed by atoms with E-state index in [1.165, 1.54) is 0 Å². The molecular weight excluding hydrogens is 258 g/mol. The largest absolute Gasteiger partial charge is 0.361 e. The molecule has 1 aromatic carbocycles. The van der Waals surface area contributed by atoms with E-state index in [-0.39, 0.29) is 17.6 Å². The van der Waals surface area contributed by atoms with Gasteiger partial charge in [0.25, 0.3) is 5.91 Å². The van der Waals surface area contributed by atoms with E-state index in [2.05, 4.69) is 10.6 Å².